The highest BCUT2D eigenvalue weighted by molar-refractivity contribution is 9.10. The number of hydrogen-bond acceptors (Lipinski definition) is 5. The molecule has 1 N–H and O–H groups in total. The van der Waals surface area contributed by atoms with E-state index in [0.717, 1.165) is 22.7 Å². The first-order chi connectivity index (χ1) is 8.48. The van der Waals surface area contributed by atoms with Crippen molar-refractivity contribution >= 4 is 21.7 Å². The number of aromatic nitrogens is 2. The predicted molar refractivity (Wildman–Crippen MR) is 72.5 cm³/mol. The molecule has 2 rings (SSSR count). The van der Waals surface area contributed by atoms with E-state index in [4.69, 9.17) is 9.47 Å². The van der Waals surface area contributed by atoms with Gasteiger partial charge in [-0.25, -0.2) is 9.97 Å². The number of halogens is 1. The summed E-state index contributed by atoms with van der Waals surface area (Å²) in [5.41, 5.74) is 0. The largest absolute Gasteiger partial charge is 0.367 e. The van der Waals surface area contributed by atoms with E-state index in [2.05, 4.69) is 31.2 Å². The molecule has 18 heavy (non-hydrogen) atoms. The third-order valence-corrected chi connectivity index (χ3v) is 3.04. The number of rotatable bonds is 4. The van der Waals surface area contributed by atoms with E-state index in [9.17, 15) is 0 Å². The second-order valence-electron chi connectivity index (χ2n) is 4.68. The van der Waals surface area contributed by atoms with E-state index < -0.39 is 5.79 Å². The lowest BCUT2D eigenvalue weighted by atomic mass is 10.3. The smallest absolute Gasteiger partial charge is 0.163 e. The molecule has 1 aromatic rings. The topological polar surface area (TPSA) is 56.3 Å². The number of hydrogen-bond donors (Lipinski definition) is 1. The zero-order chi connectivity index (χ0) is 13.2. The van der Waals surface area contributed by atoms with Crippen LogP contribution in [-0.4, -0.2) is 35.0 Å². The third kappa shape index (κ3) is 3.63. The Labute approximate surface area is 115 Å². The molecule has 2 heterocycles. The minimum absolute atomic E-state index is 0.0545. The molecule has 5 nitrogen and oxygen atoms in total. The minimum atomic E-state index is -0.479. The normalized spacial score (nSPS) is 22.1. The predicted octanol–water partition coefficient (Wildman–Crippen LogP) is 2.36. The van der Waals surface area contributed by atoms with Crippen LogP contribution in [0.2, 0.25) is 0 Å². The lowest BCUT2D eigenvalue weighted by Crippen LogP contribution is -2.26. The highest BCUT2D eigenvalue weighted by atomic mass is 79.9. The molecule has 0 radical (unpaired) electrons. The van der Waals surface area contributed by atoms with Crippen molar-refractivity contribution in [3.05, 3.63) is 16.5 Å². The molecule has 0 amide bonds. The Hall–Kier alpha value is -0.720. The van der Waals surface area contributed by atoms with Crippen LogP contribution in [0.4, 0.5) is 5.82 Å². The summed E-state index contributed by atoms with van der Waals surface area (Å²) in [6, 6.07) is 1.86. The second-order valence-corrected chi connectivity index (χ2v) is 5.49. The molecule has 1 unspecified atom stereocenters. The Kier molecular flexibility index (Phi) is 4.19. The van der Waals surface area contributed by atoms with Gasteiger partial charge in [0.15, 0.2) is 5.79 Å². The van der Waals surface area contributed by atoms with E-state index in [1.54, 1.807) is 0 Å². The van der Waals surface area contributed by atoms with Crippen LogP contribution in [0.5, 0.6) is 0 Å². The van der Waals surface area contributed by atoms with Crippen LogP contribution in [0.15, 0.2) is 10.7 Å². The molecule has 1 aliphatic heterocycles. The van der Waals surface area contributed by atoms with E-state index in [0.29, 0.717) is 13.2 Å². The van der Waals surface area contributed by atoms with Gasteiger partial charge in [0.2, 0.25) is 0 Å². The van der Waals surface area contributed by atoms with Crippen LogP contribution in [0.1, 0.15) is 26.6 Å². The van der Waals surface area contributed by atoms with Crippen molar-refractivity contribution in [1.82, 2.24) is 9.97 Å². The van der Waals surface area contributed by atoms with Crippen LogP contribution in [-0.2, 0) is 15.9 Å². The quantitative estimate of drug-likeness (QED) is 0.864. The Morgan fingerprint density at radius 1 is 1.50 bits per heavy atom. The first kappa shape index (κ1) is 13.7. The van der Waals surface area contributed by atoms with Gasteiger partial charge >= 0.3 is 0 Å². The minimum Gasteiger partial charge on any atom is -0.367 e. The summed E-state index contributed by atoms with van der Waals surface area (Å²) in [5.74, 6) is 1.14. The molecular formula is C12H18BrN3O2. The Balaban J connectivity index is 1.92. The van der Waals surface area contributed by atoms with Crippen LogP contribution < -0.4 is 5.32 Å². The molecule has 1 aromatic heterocycles. The average molecular weight is 316 g/mol. The van der Waals surface area contributed by atoms with Gasteiger partial charge in [-0.3, -0.25) is 0 Å². The maximum atomic E-state index is 5.72. The number of nitrogens with one attached hydrogen (secondary N) is 1. The zero-order valence-corrected chi connectivity index (χ0v) is 12.5. The van der Waals surface area contributed by atoms with Crippen molar-refractivity contribution in [3.63, 3.8) is 0 Å². The molecule has 6 heteroatoms. The Morgan fingerprint density at radius 2 is 2.28 bits per heavy atom. The summed E-state index contributed by atoms with van der Waals surface area (Å²) in [6.07, 6.45) is 0.864. The molecule has 0 aliphatic carbocycles. The second kappa shape index (κ2) is 5.50. The van der Waals surface area contributed by atoms with Gasteiger partial charge < -0.3 is 14.8 Å². The standard InChI is InChI=1S/C12H18BrN3O2/c1-4-10-15-9(13)5-11(16-10)14-6-8-7-17-12(2,3)18-8/h5,8H,4,6-7H2,1-3H3,(H,14,15,16). The average Bonchev–Trinajstić information content (AvgIpc) is 2.65. The Morgan fingerprint density at radius 3 is 2.89 bits per heavy atom. The molecule has 1 aliphatic rings. The molecule has 100 valence electrons. The summed E-state index contributed by atoms with van der Waals surface area (Å²) in [5, 5.41) is 3.25. The van der Waals surface area contributed by atoms with E-state index in [1.165, 1.54) is 0 Å². The van der Waals surface area contributed by atoms with E-state index in [1.807, 2.05) is 26.8 Å². The molecule has 1 atom stereocenters. The summed E-state index contributed by atoms with van der Waals surface area (Å²) >= 11 is 3.38. The third-order valence-electron chi connectivity index (χ3n) is 2.64. The van der Waals surface area contributed by atoms with Crippen molar-refractivity contribution in [2.24, 2.45) is 0 Å². The molecule has 1 saturated heterocycles. The van der Waals surface area contributed by atoms with Gasteiger partial charge in [0, 0.05) is 19.0 Å². The van der Waals surface area contributed by atoms with Crippen molar-refractivity contribution in [1.29, 1.82) is 0 Å². The van der Waals surface area contributed by atoms with Crippen molar-refractivity contribution < 1.29 is 9.47 Å². The van der Waals surface area contributed by atoms with Crippen molar-refractivity contribution in [2.45, 2.75) is 39.1 Å². The summed E-state index contributed by atoms with van der Waals surface area (Å²) in [6.45, 7) is 7.15. The van der Waals surface area contributed by atoms with Gasteiger partial charge in [-0.05, 0) is 29.8 Å². The molecule has 0 spiro atoms. The van der Waals surface area contributed by atoms with Gasteiger partial charge in [-0.1, -0.05) is 6.92 Å². The van der Waals surface area contributed by atoms with Gasteiger partial charge in [0.05, 0.1) is 6.61 Å². The molecule has 1 fully saturated rings. The highest BCUT2D eigenvalue weighted by Gasteiger charge is 2.32. The van der Waals surface area contributed by atoms with Crippen LogP contribution in [0, 0.1) is 0 Å². The van der Waals surface area contributed by atoms with Crippen LogP contribution in [0.25, 0.3) is 0 Å². The molecular weight excluding hydrogens is 298 g/mol. The van der Waals surface area contributed by atoms with Gasteiger partial charge in [0.25, 0.3) is 0 Å². The maximum absolute atomic E-state index is 5.72. The maximum Gasteiger partial charge on any atom is 0.163 e. The van der Waals surface area contributed by atoms with Gasteiger partial charge in [-0.2, -0.15) is 0 Å². The number of ether oxygens (including phenoxy) is 2. The monoisotopic (exact) mass is 315 g/mol. The number of aryl methyl sites for hydroxylation is 1. The van der Waals surface area contributed by atoms with Crippen molar-refractivity contribution in [2.75, 3.05) is 18.5 Å². The van der Waals surface area contributed by atoms with Gasteiger partial charge in [-0.15, -0.1) is 0 Å². The summed E-state index contributed by atoms with van der Waals surface area (Å²) < 4.78 is 12.0. The van der Waals surface area contributed by atoms with Crippen LogP contribution >= 0.6 is 15.9 Å². The zero-order valence-electron chi connectivity index (χ0n) is 10.9. The molecule has 0 bridgehead atoms. The summed E-state index contributed by atoms with van der Waals surface area (Å²) in [4.78, 5) is 8.67. The summed E-state index contributed by atoms with van der Waals surface area (Å²) in [7, 11) is 0. The van der Waals surface area contributed by atoms with Crippen molar-refractivity contribution in [3.8, 4) is 0 Å². The van der Waals surface area contributed by atoms with E-state index >= 15 is 0 Å². The van der Waals surface area contributed by atoms with Crippen LogP contribution in [0.3, 0.4) is 0 Å². The van der Waals surface area contributed by atoms with E-state index in [-0.39, 0.29) is 6.10 Å². The fourth-order valence-electron chi connectivity index (χ4n) is 1.80. The SMILES string of the molecule is CCc1nc(Br)cc(NCC2COC(C)(C)O2)n1. The first-order valence-corrected chi connectivity index (χ1v) is 6.87. The fourth-order valence-corrected chi connectivity index (χ4v) is 2.22. The first-order valence-electron chi connectivity index (χ1n) is 6.07. The van der Waals surface area contributed by atoms with Gasteiger partial charge in [0.1, 0.15) is 22.3 Å². The fraction of sp³-hybridized carbons (Fsp3) is 0.667. The number of anilines is 1. The Bertz CT molecular complexity index is 426. The molecule has 0 saturated carbocycles. The highest BCUT2D eigenvalue weighted by Crippen LogP contribution is 2.22. The molecule has 0 aromatic carbocycles. The lowest BCUT2D eigenvalue weighted by Gasteiger charge is -2.17. The lowest BCUT2D eigenvalue weighted by molar-refractivity contribution is -0.136. The number of nitrogens with zero attached hydrogens (tertiary/aromatic N) is 2.